The monoisotopic (exact) mass is 353 g/mol. The Morgan fingerprint density at radius 3 is 2.76 bits per heavy atom. The van der Waals surface area contributed by atoms with Crippen LogP contribution in [0.3, 0.4) is 0 Å². The van der Waals surface area contributed by atoms with Crippen molar-refractivity contribution in [2.75, 3.05) is 11.9 Å². The number of nitrogens with one attached hydrogen (secondary N) is 1. The molecule has 0 aliphatic carbocycles. The van der Waals surface area contributed by atoms with E-state index in [9.17, 15) is 15.4 Å². The lowest BCUT2D eigenvalue weighted by atomic mass is 10.1. The summed E-state index contributed by atoms with van der Waals surface area (Å²) in [5.74, 6) is 0.580. The summed E-state index contributed by atoms with van der Waals surface area (Å²) in [6, 6.07) is 8.05. The molecule has 25 heavy (non-hydrogen) atoms. The summed E-state index contributed by atoms with van der Waals surface area (Å²) in [5.41, 5.74) is 1.90. The lowest BCUT2D eigenvalue weighted by molar-refractivity contribution is -0.384. The van der Waals surface area contributed by atoms with E-state index in [0.717, 1.165) is 17.1 Å². The Morgan fingerprint density at radius 1 is 1.32 bits per heavy atom. The minimum absolute atomic E-state index is 0.0532. The van der Waals surface area contributed by atoms with Crippen LogP contribution in [-0.2, 0) is 6.42 Å². The summed E-state index contributed by atoms with van der Waals surface area (Å²) in [5, 5.41) is 25.0. The van der Waals surface area contributed by atoms with Crippen molar-refractivity contribution >= 4 is 33.7 Å². The van der Waals surface area contributed by atoms with Gasteiger partial charge in [0.05, 0.1) is 32.8 Å². The van der Waals surface area contributed by atoms with Crippen LogP contribution in [0, 0.1) is 35.3 Å². The quantitative estimate of drug-likeness (QED) is 0.553. The van der Waals surface area contributed by atoms with Crippen molar-refractivity contribution in [2.45, 2.75) is 20.3 Å². The molecule has 0 fully saturated rings. The zero-order valence-electron chi connectivity index (χ0n) is 13.7. The van der Waals surface area contributed by atoms with E-state index in [1.165, 1.54) is 17.0 Å². The largest absolute Gasteiger partial charge is 0.370 e. The van der Waals surface area contributed by atoms with Gasteiger partial charge in [0.2, 0.25) is 0 Å². The van der Waals surface area contributed by atoms with E-state index in [0.29, 0.717) is 28.8 Å². The summed E-state index contributed by atoms with van der Waals surface area (Å²) in [6.07, 6.45) is 0.819. The molecule has 2 heterocycles. The molecule has 0 amide bonds. The van der Waals surface area contributed by atoms with Gasteiger partial charge in [0, 0.05) is 35.4 Å². The number of aromatic nitrogens is 2. The van der Waals surface area contributed by atoms with Gasteiger partial charge >= 0.3 is 0 Å². The molecular weight excluding hydrogens is 338 g/mol. The number of non-ortho nitro benzene ring substituents is 1. The number of benzene rings is 1. The van der Waals surface area contributed by atoms with Crippen LogP contribution >= 0.6 is 11.3 Å². The van der Waals surface area contributed by atoms with E-state index >= 15 is 0 Å². The standard InChI is InChI=1S/C17H15N5O2S/c1-10-16(25-11(2)20-10)5-6-19-17-7-12(9-18)14-8-13(22(23)24)3-4-15(14)21-17/h3-4,7-8H,5-6H2,1-2H3,(H,19,21). The molecule has 7 nitrogen and oxygen atoms in total. The minimum atomic E-state index is -0.480. The zero-order valence-corrected chi connectivity index (χ0v) is 14.6. The Labute approximate surface area is 148 Å². The fourth-order valence-corrected chi connectivity index (χ4v) is 3.56. The first-order valence-electron chi connectivity index (χ1n) is 7.64. The zero-order chi connectivity index (χ0) is 18.0. The van der Waals surface area contributed by atoms with Crippen LogP contribution < -0.4 is 5.32 Å². The number of hydrogen-bond acceptors (Lipinski definition) is 7. The third-order valence-corrected chi connectivity index (χ3v) is 4.91. The SMILES string of the molecule is Cc1nc(C)c(CCNc2cc(C#N)c3cc([N+](=O)[O-])ccc3n2)s1. The van der Waals surface area contributed by atoms with Crippen molar-refractivity contribution in [3.63, 3.8) is 0 Å². The number of rotatable bonds is 5. The molecule has 1 N–H and O–H groups in total. The van der Waals surface area contributed by atoms with E-state index in [1.54, 1.807) is 23.5 Å². The molecule has 0 radical (unpaired) electrons. The van der Waals surface area contributed by atoms with Gasteiger partial charge in [-0.05, 0) is 26.0 Å². The lowest BCUT2D eigenvalue weighted by Crippen LogP contribution is -2.06. The molecule has 3 rings (SSSR count). The predicted octanol–water partition coefficient (Wildman–Crippen LogP) is 3.74. The van der Waals surface area contributed by atoms with Gasteiger partial charge in [0.1, 0.15) is 5.82 Å². The average molecular weight is 353 g/mol. The van der Waals surface area contributed by atoms with Crippen molar-refractivity contribution in [3.05, 3.63) is 55.5 Å². The van der Waals surface area contributed by atoms with Crippen molar-refractivity contribution in [1.82, 2.24) is 9.97 Å². The smallest absolute Gasteiger partial charge is 0.270 e. The van der Waals surface area contributed by atoms with Gasteiger partial charge in [0.15, 0.2) is 0 Å². The van der Waals surface area contributed by atoms with Gasteiger partial charge in [-0.1, -0.05) is 0 Å². The van der Waals surface area contributed by atoms with Gasteiger partial charge < -0.3 is 5.32 Å². The molecule has 0 aliphatic rings. The second-order valence-corrected chi connectivity index (χ2v) is 6.83. The maximum absolute atomic E-state index is 10.9. The molecule has 0 saturated heterocycles. The maximum Gasteiger partial charge on any atom is 0.270 e. The lowest BCUT2D eigenvalue weighted by Gasteiger charge is -2.08. The summed E-state index contributed by atoms with van der Waals surface area (Å²) >= 11 is 1.68. The summed E-state index contributed by atoms with van der Waals surface area (Å²) < 4.78 is 0. The van der Waals surface area contributed by atoms with Gasteiger partial charge in [-0.2, -0.15) is 5.26 Å². The molecule has 0 spiro atoms. The van der Waals surface area contributed by atoms with Gasteiger partial charge in [-0.25, -0.2) is 9.97 Å². The number of nitrogens with zero attached hydrogens (tertiary/aromatic N) is 4. The first-order chi connectivity index (χ1) is 12.0. The number of nitriles is 1. The summed E-state index contributed by atoms with van der Waals surface area (Å²) in [4.78, 5) is 20.5. The highest BCUT2D eigenvalue weighted by Gasteiger charge is 2.12. The van der Waals surface area contributed by atoms with Crippen LogP contribution in [0.1, 0.15) is 21.1 Å². The van der Waals surface area contributed by atoms with Crippen LogP contribution in [0.15, 0.2) is 24.3 Å². The molecule has 0 bridgehead atoms. The molecule has 0 aliphatic heterocycles. The molecule has 0 saturated carbocycles. The molecule has 2 aromatic heterocycles. The van der Waals surface area contributed by atoms with E-state index in [2.05, 4.69) is 21.4 Å². The summed E-state index contributed by atoms with van der Waals surface area (Å²) in [7, 11) is 0. The Morgan fingerprint density at radius 2 is 2.12 bits per heavy atom. The number of nitro benzene ring substituents is 1. The predicted molar refractivity (Wildman–Crippen MR) is 96.9 cm³/mol. The van der Waals surface area contributed by atoms with E-state index < -0.39 is 4.92 Å². The number of thiazole rings is 1. The highest BCUT2D eigenvalue weighted by molar-refractivity contribution is 7.11. The topological polar surface area (TPSA) is 105 Å². The van der Waals surface area contributed by atoms with Gasteiger partial charge in [-0.3, -0.25) is 10.1 Å². The highest BCUT2D eigenvalue weighted by Crippen LogP contribution is 2.25. The molecule has 3 aromatic rings. The normalized spacial score (nSPS) is 10.6. The fraction of sp³-hybridized carbons (Fsp3) is 0.235. The molecule has 0 unspecified atom stereocenters. The van der Waals surface area contributed by atoms with Crippen molar-refractivity contribution < 1.29 is 4.92 Å². The molecule has 0 atom stereocenters. The first kappa shape index (κ1) is 16.8. The fourth-order valence-electron chi connectivity index (χ4n) is 2.62. The third-order valence-electron chi connectivity index (χ3n) is 3.78. The molecule has 126 valence electrons. The second kappa shape index (κ2) is 6.83. The Bertz CT molecular complexity index is 1010. The van der Waals surface area contributed by atoms with Crippen LogP contribution in [0.2, 0.25) is 0 Å². The van der Waals surface area contributed by atoms with Gasteiger partial charge in [-0.15, -0.1) is 11.3 Å². The maximum atomic E-state index is 10.9. The van der Waals surface area contributed by atoms with Crippen LogP contribution in [0.4, 0.5) is 11.5 Å². The molecular formula is C17H15N5O2S. The van der Waals surface area contributed by atoms with Crippen molar-refractivity contribution in [2.24, 2.45) is 0 Å². The number of aryl methyl sites for hydroxylation is 2. The number of anilines is 1. The van der Waals surface area contributed by atoms with Crippen LogP contribution in [0.25, 0.3) is 10.9 Å². The number of fused-ring (bicyclic) bond motifs is 1. The van der Waals surface area contributed by atoms with Crippen LogP contribution in [0.5, 0.6) is 0 Å². The molecule has 8 heteroatoms. The van der Waals surface area contributed by atoms with E-state index in [-0.39, 0.29) is 5.69 Å². The first-order valence-corrected chi connectivity index (χ1v) is 8.45. The van der Waals surface area contributed by atoms with Crippen LogP contribution in [-0.4, -0.2) is 21.4 Å². The number of hydrogen-bond donors (Lipinski definition) is 1. The third kappa shape index (κ3) is 3.56. The Hall–Kier alpha value is -3.05. The Balaban J connectivity index is 1.82. The highest BCUT2D eigenvalue weighted by atomic mass is 32.1. The van der Waals surface area contributed by atoms with Crippen molar-refractivity contribution in [3.8, 4) is 6.07 Å². The molecule has 1 aromatic carbocycles. The van der Waals surface area contributed by atoms with Crippen molar-refractivity contribution in [1.29, 1.82) is 5.26 Å². The number of pyridine rings is 1. The summed E-state index contributed by atoms with van der Waals surface area (Å²) in [6.45, 7) is 4.64. The average Bonchev–Trinajstić information content (AvgIpc) is 2.91. The number of nitro groups is 1. The van der Waals surface area contributed by atoms with E-state index in [4.69, 9.17) is 0 Å². The van der Waals surface area contributed by atoms with Gasteiger partial charge in [0.25, 0.3) is 5.69 Å². The Kier molecular flexibility index (Phi) is 4.59. The second-order valence-electron chi connectivity index (χ2n) is 5.54. The van der Waals surface area contributed by atoms with E-state index in [1.807, 2.05) is 13.8 Å². The minimum Gasteiger partial charge on any atom is -0.370 e.